The summed E-state index contributed by atoms with van der Waals surface area (Å²) in [5, 5.41) is 12.3. The summed E-state index contributed by atoms with van der Waals surface area (Å²) in [4.78, 5) is 0. The molecule has 3 heteroatoms. The Morgan fingerprint density at radius 2 is 2.11 bits per heavy atom. The van der Waals surface area contributed by atoms with E-state index in [1.165, 1.54) is 0 Å². The lowest BCUT2D eigenvalue weighted by Gasteiger charge is -2.40. The molecule has 0 amide bonds. The van der Waals surface area contributed by atoms with Crippen molar-refractivity contribution in [3.05, 3.63) is 35.4 Å². The third-order valence-electron chi connectivity index (χ3n) is 3.51. The van der Waals surface area contributed by atoms with Crippen molar-refractivity contribution in [1.82, 2.24) is 5.32 Å². The molecule has 0 bridgehead atoms. The van der Waals surface area contributed by atoms with E-state index in [-0.39, 0.29) is 11.7 Å². The summed E-state index contributed by atoms with van der Waals surface area (Å²) in [6.45, 7) is 8.35. The Kier molecular flexibility index (Phi) is 4.24. The molecule has 2 unspecified atom stereocenters. The molecular formula is C16H22N2O. The maximum atomic E-state index is 8.83. The highest BCUT2D eigenvalue weighted by atomic mass is 16.5. The Hall–Kier alpha value is -1.37. The number of rotatable bonds is 3. The summed E-state index contributed by atoms with van der Waals surface area (Å²) in [6, 6.07) is 9.84. The minimum absolute atomic E-state index is 0.0743. The van der Waals surface area contributed by atoms with Crippen molar-refractivity contribution in [3.63, 3.8) is 0 Å². The fraction of sp³-hybridized carbons (Fsp3) is 0.562. The lowest BCUT2D eigenvalue weighted by atomic mass is 9.91. The Bertz CT molecular complexity index is 461. The van der Waals surface area contributed by atoms with Crippen molar-refractivity contribution in [2.75, 3.05) is 13.1 Å². The lowest BCUT2D eigenvalue weighted by Crippen LogP contribution is -2.49. The minimum atomic E-state index is -0.106. The van der Waals surface area contributed by atoms with Crippen LogP contribution in [0.1, 0.15) is 44.4 Å². The van der Waals surface area contributed by atoms with E-state index >= 15 is 0 Å². The van der Waals surface area contributed by atoms with Gasteiger partial charge in [0.15, 0.2) is 0 Å². The van der Waals surface area contributed by atoms with Crippen LogP contribution in [0.2, 0.25) is 0 Å². The normalized spacial score (nSPS) is 27.2. The van der Waals surface area contributed by atoms with Crippen molar-refractivity contribution in [3.8, 4) is 6.07 Å². The zero-order valence-electron chi connectivity index (χ0n) is 11.9. The van der Waals surface area contributed by atoms with E-state index in [9.17, 15) is 0 Å². The van der Waals surface area contributed by atoms with Gasteiger partial charge < -0.3 is 10.1 Å². The second-order valence-corrected chi connectivity index (χ2v) is 6.02. The molecule has 2 rings (SSSR count). The molecule has 3 nitrogen and oxygen atoms in total. The summed E-state index contributed by atoms with van der Waals surface area (Å²) in [5.74, 6) is 0.617. The topological polar surface area (TPSA) is 45.0 Å². The van der Waals surface area contributed by atoms with E-state index in [0.29, 0.717) is 11.5 Å². The molecule has 0 spiro atoms. The first kappa shape index (κ1) is 14.0. The van der Waals surface area contributed by atoms with Crippen molar-refractivity contribution >= 4 is 0 Å². The monoisotopic (exact) mass is 258 g/mol. The maximum Gasteiger partial charge on any atom is 0.0991 e. The number of ether oxygens (including phenoxy) is 1. The van der Waals surface area contributed by atoms with Gasteiger partial charge in [-0.05, 0) is 37.0 Å². The van der Waals surface area contributed by atoms with Crippen LogP contribution in [0.4, 0.5) is 0 Å². The van der Waals surface area contributed by atoms with E-state index in [1.54, 1.807) is 0 Å². The van der Waals surface area contributed by atoms with E-state index in [2.05, 4.69) is 32.2 Å². The number of morpholine rings is 1. The first-order chi connectivity index (χ1) is 9.02. The van der Waals surface area contributed by atoms with Gasteiger partial charge in [-0.15, -0.1) is 0 Å². The summed E-state index contributed by atoms with van der Waals surface area (Å²) in [7, 11) is 0. The SMILES string of the molecule is CC(C)CC1(C)CNCC(c2ccc(C#N)cc2)O1. The molecule has 1 aliphatic heterocycles. The van der Waals surface area contributed by atoms with Crippen molar-refractivity contribution in [1.29, 1.82) is 5.26 Å². The largest absolute Gasteiger partial charge is 0.365 e. The summed E-state index contributed by atoms with van der Waals surface area (Å²) < 4.78 is 6.30. The average Bonchev–Trinajstić information content (AvgIpc) is 2.37. The van der Waals surface area contributed by atoms with Crippen molar-refractivity contribution in [2.45, 2.75) is 38.9 Å². The highest BCUT2D eigenvalue weighted by Crippen LogP contribution is 2.31. The lowest BCUT2D eigenvalue weighted by molar-refractivity contribution is -0.117. The maximum absolute atomic E-state index is 8.83. The summed E-state index contributed by atoms with van der Waals surface area (Å²) in [6.07, 6.45) is 1.12. The fourth-order valence-electron chi connectivity index (χ4n) is 2.84. The zero-order valence-corrected chi connectivity index (χ0v) is 11.9. The first-order valence-corrected chi connectivity index (χ1v) is 6.91. The van der Waals surface area contributed by atoms with Gasteiger partial charge in [-0.1, -0.05) is 26.0 Å². The smallest absolute Gasteiger partial charge is 0.0991 e. The quantitative estimate of drug-likeness (QED) is 0.906. The van der Waals surface area contributed by atoms with Crippen molar-refractivity contribution in [2.24, 2.45) is 5.92 Å². The molecule has 0 aliphatic carbocycles. The van der Waals surface area contributed by atoms with Gasteiger partial charge in [-0.2, -0.15) is 5.26 Å². The van der Waals surface area contributed by atoms with Crippen LogP contribution in [0.3, 0.4) is 0 Å². The van der Waals surface area contributed by atoms with E-state index < -0.39 is 0 Å². The van der Waals surface area contributed by atoms with Crippen molar-refractivity contribution < 1.29 is 4.74 Å². The summed E-state index contributed by atoms with van der Waals surface area (Å²) in [5.41, 5.74) is 1.73. The predicted molar refractivity (Wildman–Crippen MR) is 75.7 cm³/mol. The number of nitriles is 1. The number of hydrogen-bond acceptors (Lipinski definition) is 3. The van der Waals surface area contributed by atoms with Crippen LogP contribution in [0.15, 0.2) is 24.3 Å². The van der Waals surface area contributed by atoms with Gasteiger partial charge in [0.2, 0.25) is 0 Å². The molecule has 1 aromatic rings. The second kappa shape index (κ2) is 5.73. The molecule has 1 aliphatic rings. The highest BCUT2D eigenvalue weighted by molar-refractivity contribution is 5.32. The third kappa shape index (κ3) is 3.56. The molecule has 1 N–H and O–H groups in total. The zero-order chi connectivity index (χ0) is 13.9. The number of benzene rings is 1. The van der Waals surface area contributed by atoms with Gasteiger partial charge in [-0.3, -0.25) is 0 Å². The molecular weight excluding hydrogens is 236 g/mol. The van der Waals surface area contributed by atoms with E-state index in [4.69, 9.17) is 10.00 Å². The number of nitrogens with one attached hydrogen (secondary N) is 1. The molecule has 2 atom stereocenters. The molecule has 0 aromatic heterocycles. The Balaban J connectivity index is 2.10. The third-order valence-corrected chi connectivity index (χ3v) is 3.51. The van der Waals surface area contributed by atoms with E-state index in [1.807, 2.05) is 24.3 Å². The molecule has 1 heterocycles. The van der Waals surface area contributed by atoms with E-state index in [0.717, 1.165) is 25.1 Å². The van der Waals surface area contributed by atoms with Crippen LogP contribution in [0.25, 0.3) is 0 Å². The van der Waals surface area contributed by atoms with Gasteiger partial charge >= 0.3 is 0 Å². The number of hydrogen-bond donors (Lipinski definition) is 1. The first-order valence-electron chi connectivity index (χ1n) is 6.91. The number of nitrogens with zero attached hydrogens (tertiary/aromatic N) is 1. The fourth-order valence-corrected chi connectivity index (χ4v) is 2.84. The van der Waals surface area contributed by atoms with Gasteiger partial charge in [0, 0.05) is 13.1 Å². The highest BCUT2D eigenvalue weighted by Gasteiger charge is 2.33. The Morgan fingerprint density at radius 1 is 1.42 bits per heavy atom. The summed E-state index contributed by atoms with van der Waals surface area (Å²) >= 11 is 0. The predicted octanol–water partition coefficient (Wildman–Crippen LogP) is 3.02. The molecule has 19 heavy (non-hydrogen) atoms. The minimum Gasteiger partial charge on any atom is -0.365 e. The molecule has 102 valence electrons. The van der Waals surface area contributed by atoms with Crippen LogP contribution in [0.5, 0.6) is 0 Å². The Morgan fingerprint density at radius 3 is 2.68 bits per heavy atom. The second-order valence-electron chi connectivity index (χ2n) is 6.02. The standard InChI is InChI=1S/C16H22N2O/c1-12(2)8-16(3)11-18-10-15(19-16)14-6-4-13(9-17)5-7-14/h4-7,12,15,18H,8,10-11H2,1-3H3. The van der Waals surface area contributed by atoms with Gasteiger partial charge in [0.1, 0.15) is 0 Å². The average molecular weight is 258 g/mol. The molecule has 0 saturated carbocycles. The molecule has 1 saturated heterocycles. The van der Waals surface area contributed by atoms with Crippen LogP contribution < -0.4 is 5.32 Å². The van der Waals surface area contributed by atoms with Gasteiger partial charge in [0.05, 0.1) is 23.3 Å². The molecule has 0 radical (unpaired) electrons. The Labute approximate surface area is 115 Å². The molecule has 1 aromatic carbocycles. The van der Waals surface area contributed by atoms with Crippen LogP contribution in [0, 0.1) is 17.2 Å². The van der Waals surface area contributed by atoms with Gasteiger partial charge in [-0.25, -0.2) is 0 Å². The molecule has 1 fully saturated rings. The van der Waals surface area contributed by atoms with Crippen LogP contribution in [-0.2, 0) is 4.74 Å². The van der Waals surface area contributed by atoms with Crippen LogP contribution >= 0.6 is 0 Å². The van der Waals surface area contributed by atoms with Gasteiger partial charge in [0.25, 0.3) is 0 Å². The van der Waals surface area contributed by atoms with Crippen LogP contribution in [-0.4, -0.2) is 18.7 Å².